The fourth-order valence-corrected chi connectivity index (χ4v) is 2.04. The SMILES string of the molecule is Cc1nn(C(C)C)c(Nc2cc(F)cc(Cl)c2)c1N. The van der Waals surface area contributed by atoms with Crippen LogP contribution in [-0.2, 0) is 0 Å². The molecule has 1 aromatic heterocycles. The first kappa shape index (κ1) is 13.7. The molecule has 19 heavy (non-hydrogen) atoms. The molecule has 1 aromatic carbocycles. The van der Waals surface area contributed by atoms with E-state index in [4.69, 9.17) is 17.3 Å². The molecular formula is C13H16ClFN4. The Hall–Kier alpha value is -1.75. The summed E-state index contributed by atoms with van der Waals surface area (Å²) in [6.07, 6.45) is 0. The first-order valence-corrected chi connectivity index (χ1v) is 6.34. The van der Waals surface area contributed by atoms with Crippen molar-refractivity contribution in [2.45, 2.75) is 26.8 Å². The molecule has 2 aromatic rings. The minimum absolute atomic E-state index is 0.141. The van der Waals surface area contributed by atoms with Gasteiger partial charge in [-0.15, -0.1) is 0 Å². The number of benzene rings is 1. The molecule has 0 fully saturated rings. The Bertz CT molecular complexity index is 587. The van der Waals surface area contributed by atoms with Crippen molar-refractivity contribution >= 4 is 28.8 Å². The van der Waals surface area contributed by atoms with Crippen LogP contribution in [0.15, 0.2) is 18.2 Å². The van der Waals surface area contributed by atoms with Crippen LogP contribution in [0.4, 0.5) is 21.6 Å². The molecule has 2 rings (SSSR count). The Morgan fingerprint density at radius 1 is 1.37 bits per heavy atom. The third-order valence-electron chi connectivity index (χ3n) is 2.75. The van der Waals surface area contributed by atoms with Crippen LogP contribution >= 0.6 is 11.6 Å². The van der Waals surface area contributed by atoms with Crippen molar-refractivity contribution in [3.05, 3.63) is 34.7 Å². The first-order chi connectivity index (χ1) is 8.88. The molecule has 0 spiro atoms. The summed E-state index contributed by atoms with van der Waals surface area (Å²) in [7, 11) is 0. The molecule has 0 amide bonds. The summed E-state index contributed by atoms with van der Waals surface area (Å²) in [4.78, 5) is 0. The Morgan fingerprint density at radius 2 is 2.05 bits per heavy atom. The molecule has 6 heteroatoms. The number of nitrogen functional groups attached to an aromatic ring is 1. The molecule has 3 N–H and O–H groups in total. The van der Waals surface area contributed by atoms with E-state index < -0.39 is 5.82 Å². The molecule has 0 aliphatic rings. The predicted molar refractivity (Wildman–Crippen MR) is 76.5 cm³/mol. The summed E-state index contributed by atoms with van der Waals surface area (Å²) in [6.45, 7) is 5.82. The number of nitrogens with zero attached hydrogens (tertiary/aromatic N) is 2. The first-order valence-electron chi connectivity index (χ1n) is 5.96. The van der Waals surface area contributed by atoms with E-state index in [1.165, 1.54) is 12.1 Å². The molecule has 102 valence electrons. The topological polar surface area (TPSA) is 55.9 Å². The van der Waals surface area contributed by atoms with Gasteiger partial charge in [0.2, 0.25) is 0 Å². The van der Waals surface area contributed by atoms with Gasteiger partial charge in [-0.2, -0.15) is 5.10 Å². The highest BCUT2D eigenvalue weighted by Crippen LogP contribution is 2.30. The van der Waals surface area contributed by atoms with Crippen molar-refractivity contribution in [1.29, 1.82) is 0 Å². The molecule has 0 saturated carbocycles. The number of hydrogen-bond acceptors (Lipinski definition) is 3. The molecule has 0 saturated heterocycles. The van der Waals surface area contributed by atoms with Crippen LogP contribution in [0.3, 0.4) is 0 Å². The Labute approximate surface area is 116 Å². The number of hydrogen-bond donors (Lipinski definition) is 2. The van der Waals surface area contributed by atoms with Gasteiger partial charge in [0.25, 0.3) is 0 Å². The number of aryl methyl sites for hydroxylation is 1. The van der Waals surface area contributed by atoms with Gasteiger partial charge >= 0.3 is 0 Å². The van der Waals surface area contributed by atoms with E-state index in [9.17, 15) is 4.39 Å². The van der Waals surface area contributed by atoms with E-state index in [2.05, 4.69) is 10.4 Å². The largest absolute Gasteiger partial charge is 0.394 e. The number of nitrogens with two attached hydrogens (primary N) is 1. The highest BCUT2D eigenvalue weighted by atomic mass is 35.5. The van der Waals surface area contributed by atoms with Gasteiger partial charge in [0.05, 0.1) is 11.4 Å². The smallest absolute Gasteiger partial charge is 0.152 e. The summed E-state index contributed by atoms with van der Waals surface area (Å²) in [5.74, 6) is 0.245. The number of rotatable bonds is 3. The zero-order valence-corrected chi connectivity index (χ0v) is 11.8. The minimum atomic E-state index is -0.402. The van der Waals surface area contributed by atoms with Crippen LogP contribution in [0.25, 0.3) is 0 Å². The van der Waals surface area contributed by atoms with Gasteiger partial charge in [-0.05, 0) is 39.0 Å². The normalized spacial score (nSPS) is 11.1. The lowest BCUT2D eigenvalue weighted by atomic mass is 10.3. The maximum atomic E-state index is 13.3. The highest BCUT2D eigenvalue weighted by molar-refractivity contribution is 6.30. The summed E-state index contributed by atoms with van der Waals surface area (Å²) >= 11 is 5.83. The van der Waals surface area contributed by atoms with E-state index >= 15 is 0 Å². The van der Waals surface area contributed by atoms with Crippen LogP contribution < -0.4 is 11.1 Å². The molecule has 0 atom stereocenters. The fraction of sp³-hybridized carbons (Fsp3) is 0.308. The molecule has 1 heterocycles. The Kier molecular flexibility index (Phi) is 3.66. The minimum Gasteiger partial charge on any atom is -0.394 e. The van der Waals surface area contributed by atoms with E-state index in [0.717, 1.165) is 5.69 Å². The van der Waals surface area contributed by atoms with Crippen LogP contribution in [0.5, 0.6) is 0 Å². The Morgan fingerprint density at radius 3 is 2.63 bits per heavy atom. The third kappa shape index (κ3) is 2.81. The zero-order valence-electron chi connectivity index (χ0n) is 11.0. The van der Waals surface area contributed by atoms with Gasteiger partial charge in [-0.25, -0.2) is 9.07 Å². The lowest BCUT2D eigenvalue weighted by Gasteiger charge is -2.13. The van der Waals surface area contributed by atoms with Crippen LogP contribution in [0, 0.1) is 12.7 Å². The molecule has 0 unspecified atom stereocenters. The fourth-order valence-electron chi connectivity index (χ4n) is 1.82. The van der Waals surface area contributed by atoms with Crippen molar-refractivity contribution in [2.75, 3.05) is 11.1 Å². The second kappa shape index (κ2) is 5.09. The summed E-state index contributed by atoms with van der Waals surface area (Å²) in [5, 5.41) is 7.76. The molecule has 0 bridgehead atoms. The average Bonchev–Trinajstić information content (AvgIpc) is 2.56. The number of aromatic nitrogens is 2. The van der Waals surface area contributed by atoms with E-state index in [1.54, 1.807) is 10.7 Å². The lowest BCUT2D eigenvalue weighted by molar-refractivity contribution is 0.536. The van der Waals surface area contributed by atoms with Gasteiger partial charge < -0.3 is 11.1 Å². The average molecular weight is 283 g/mol. The zero-order chi connectivity index (χ0) is 14.2. The Balaban J connectivity index is 2.42. The number of halogens is 2. The maximum Gasteiger partial charge on any atom is 0.152 e. The predicted octanol–water partition coefficient (Wildman–Crippen LogP) is 3.89. The second-order valence-electron chi connectivity index (χ2n) is 4.67. The van der Waals surface area contributed by atoms with Gasteiger partial charge in [0, 0.05) is 16.8 Å². The number of anilines is 3. The number of nitrogens with one attached hydrogen (secondary N) is 1. The van der Waals surface area contributed by atoms with Gasteiger partial charge in [0.15, 0.2) is 5.82 Å². The molecule has 0 radical (unpaired) electrons. The van der Waals surface area contributed by atoms with E-state index in [0.29, 0.717) is 22.2 Å². The van der Waals surface area contributed by atoms with E-state index in [1.807, 2.05) is 20.8 Å². The van der Waals surface area contributed by atoms with Gasteiger partial charge in [-0.1, -0.05) is 11.6 Å². The van der Waals surface area contributed by atoms with Crippen molar-refractivity contribution in [3.63, 3.8) is 0 Å². The maximum absolute atomic E-state index is 13.3. The quantitative estimate of drug-likeness (QED) is 0.898. The lowest BCUT2D eigenvalue weighted by Crippen LogP contribution is -2.08. The van der Waals surface area contributed by atoms with Crippen LogP contribution in [0.1, 0.15) is 25.6 Å². The van der Waals surface area contributed by atoms with Crippen molar-refractivity contribution in [2.24, 2.45) is 0 Å². The second-order valence-corrected chi connectivity index (χ2v) is 5.11. The van der Waals surface area contributed by atoms with E-state index in [-0.39, 0.29) is 6.04 Å². The van der Waals surface area contributed by atoms with Crippen LogP contribution in [0.2, 0.25) is 5.02 Å². The molecule has 4 nitrogen and oxygen atoms in total. The summed E-state index contributed by atoms with van der Waals surface area (Å²) in [5.41, 5.74) is 7.82. The molecule has 0 aliphatic heterocycles. The van der Waals surface area contributed by atoms with Crippen molar-refractivity contribution in [1.82, 2.24) is 9.78 Å². The monoisotopic (exact) mass is 282 g/mol. The molecular weight excluding hydrogens is 267 g/mol. The highest BCUT2D eigenvalue weighted by Gasteiger charge is 2.15. The van der Waals surface area contributed by atoms with Crippen molar-refractivity contribution in [3.8, 4) is 0 Å². The van der Waals surface area contributed by atoms with Gasteiger partial charge in [-0.3, -0.25) is 0 Å². The summed E-state index contributed by atoms with van der Waals surface area (Å²) < 4.78 is 15.1. The van der Waals surface area contributed by atoms with Crippen LogP contribution in [-0.4, -0.2) is 9.78 Å². The summed E-state index contributed by atoms with van der Waals surface area (Å²) in [6, 6.07) is 4.39. The third-order valence-corrected chi connectivity index (χ3v) is 2.96. The standard InChI is InChI=1S/C13H16ClFN4/c1-7(2)19-13(12(16)8(3)18-19)17-11-5-9(14)4-10(15)6-11/h4-7,17H,16H2,1-3H3. The molecule has 0 aliphatic carbocycles. The van der Waals surface area contributed by atoms with Gasteiger partial charge in [0.1, 0.15) is 5.82 Å². The van der Waals surface area contributed by atoms with Crippen molar-refractivity contribution < 1.29 is 4.39 Å².